The second-order valence-corrected chi connectivity index (χ2v) is 16.8. The first-order chi connectivity index (χ1) is 32.2. The number of rotatable bonds is 11. The SMILES string of the molecule is C\C=C/C=C\C=C\c1ccc(C/C=C(\NCc2ccccc2)c2cc(-n3c4c(c5ccccc53)-c3ccccc3CC=C4)cc(-n3c4ccccc4c4c5ccccc5ccc43)c2)cc1. The first-order valence-electron chi connectivity index (χ1n) is 22.7. The van der Waals surface area contributed by atoms with Gasteiger partial charge in [-0.25, -0.2) is 0 Å². The average Bonchev–Trinajstić information content (AvgIpc) is 3.80. The second kappa shape index (κ2) is 17.6. The molecular formula is C62H49N3. The van der Waals surface area contributed by atoms with Crippen LogP contribution in [0.4, 0.5) is 0 Å². The molecule has 10 aromatic rings. The molecule has 3 nitrogen and oxygen atoms in total. The lowest BCUT2D eigenvalue weighted by Crippen LogP contribution is -2.13. The zero-order valence-corrected chi connectivity index (χ0v) is 36.5. The minimum atomic E-state index is 0.694. The predicted molar refractivity (Wildman–Crippen MR) is 278 cm³/mol. The maximum atomic E-state index is 3.95. The third kappa shape index (κ3) is 7.62. The van der Waals surface area contributed by atoms with Gasteiger partial charge in [0.05, 0.1) is 22.2 Å². The molecule has 2 aromatic heterocycles. The molecule has 0 fully saturated rings. The fourth-order valence-corrected chi connectivity index (χ4v) is 9.72. The Labute approximate surface area is 380 Å². The van der Waals surface area contributed by atoms with Crippen molar-refractivity contribution in [3.05, 3.63) is 258 Å². The van der Waals surface area contributed by atoms with E-state index in [-0.39, 0.29) is 0 Å². The molecule has 0 bridgehead atoms. The lowest BCUT2D eigenvalue weighted by Gasteiger charge is -2.19. The summed E-state index contributed by atoms with van der Waals surface area (Å²) in [5.74, 6) is 0. The molecule has 0 atom stereocenters. The molecule has 0 unspecified atom stereocenters. The van der Waals surface area contributed by atoms with Gasteiger partial charge in [0.15, 0.2) is 0 Å². The number of para-hydroxylation sites is 2. The number of nitrogens with one attached hydrogen (secondary N) is 1. The highest BCUT2D eigenvalue weighted by Gasteiger charge is 2.23. The molecule has 0 spiro atoms. The van der Waals surface area contributed by atoms with Crippen LogP contribution in [-0.4, -0.2) is 9.13 Å². The average molecular weight is 836 g/mol. The Morgan fingerprint density at radius 2 is 1.26 bits per heavy atom. The van der Waals surface area contributed by atoms with Gasteiger partial charge in [-0.15, -0.1) is 0 Å². The molecule has 0 aliphatic heterocycles. The highest BCUT2D eigenvalue weighted by molar-refractivity contribution is 6.21. The molecule has 1 aliphatic rings. The molecule has 0 saturated carbocycles. The Kier molecular flexibility index (Phi) is 10.7. The molecule has 3 heteroatoms. The minimum absolute atomic E-state index is 0.694. The summed E-state index contributed by atoms with van der Waals surface area (Å²) in [6.07, 6.45) is 21.1. The van der Waals surface area contributed by atoms with Crippen molar-refractivity contribution in [3.8, 4) is 22.5 Å². The number of hydrogen-bond donors (Lipinski definition) is 1. The normalized spacial score (nSPS) is 12.9. The molecule has 1 N–H and O–H groups in total. The maximum absolute atomic E-state index is 3.95. The maximum Gasteiger partial charge on any atom is 0.0547 e. The van der Waals surface area contributed by atoms with Gasteiger partial charge in [-0.3, -0.25) is 0 Å². The van der Waals surface area contributed by atoms with E-state index >= 15 is 0 Å². The van der Waals surface area contributed by atoms with Crippen molar-refractivity contribution in [1.29, 1.82) is 0 Å². The molecule has 0 amide bonds. The lowest BCUT2D eigenvalue weighted by atomic mass is 9.97. The van der Waals surface area contributed by atoms with Crippen molar-refractivity contribution in [2.75, 3.05) is 0 Å². The number of benzene rings is 8. The van der Waals surface area contributed by atoms with Crippen LogP contribution in [0.5, 0.6) is 0 Å². The highest BCUT2D eigenvalue weighted by Crippen LogP contribution is 2.43. The summed E-state index contributed by atoms with van der Waals surface area (Å²) in [4.78, 5) is 0. The summed E-state index contributed by atoms with van der Waals surface area (Å²) in [7, 11) is 0. The van der Waals surface area contributed by atoms with Crippen LogP contribution in [0.15, 0.2) is 225 Å². The van der Waals surface area contributed by atoms with E-state index < -0.39 is 0 Å². The van der Waals surface area contributed by atoms with Crippen LogP contribution in [0.1, 0.15) is 40.4 Å². The van der Waals surface area contributed by atoms with Crippen molar-refractivity contribution < 1.29 is 0 Å². The summed E-state index contributed by atoms with van der Waals surface area (Å²) < 4.78 is 4.97. The van der Waals surface area contributed by atoms with Gasteiger partial charge < -0.3 is 14.5 Å². The van der Waals surface area contributed by atoms with Crippen molar-refractivity contribution in [3.63, 3.8) is 0 Å². The molecule has 0 radical (unpaired) electrons. The fourth-order valence-electron chi connectivity index (χ4n) is 9.72. The third-order valence-electron chi connectivity index (χ3n) is 12.8. The van der Waals surface area contributed by atoms with Gasteiger partial charge in [-0.05, 0) is 101 Å². The van der Waals surface area contributed by atoms with E-state index in [1.54, 1.807) is 0 Å². The van der Waals surface area contributed by atoms with Crippen LogP contribution < -0.4 is 5.32 Å². The number of hydrogen-bond acceptors (Lipinski definition) is 1. The smallest absolute Gasteiger partial charge is 0.0547 e. The van der Waals surface area contributed by atoms with Crippen molar-refractivity contribution >= 4 is 61.3 Å². The molecule has 1 aliphatic carbocycles. The van der Waals surface area contributed by atoms with E-state index in [0.29, 0.717) is 6.54 Å². The van der Waals surface area contributed by atoms with Gasteiger partial charge in [-0.2, -0.15) is 0 Å². The first-order valence-corrected chi connectivity index (χ1v) is 22.7. The van der Waals surface area contributed by atoms with Crippen LogP contribution in [0.2, 0.25) is 0 Å². The van der Waals surface area contributed by atoms with Crippen molar-refractivity contribution in [1.82, 2.24) is 14.5 Å². The van der Waals surface area contributed by atoms with Gasteiger partial charge in [0.25, 0.3) is 0 Å². The monoisotopic (exact) mass is 835 g/mol. The molecule has 8 aromatic carbocycles. The quantitative estimate of drug-likeness (QED) is 0.129. The standard InChI is InChI=1S/C62H49N3/c1-2-3-4-5-7-19-44-32-34-45(35-33-44)36-38-56(63-43-46-20-8-6-9-21-46)49-40-50(64-57-29-16-14-27-54(57)61-52-25-12-10-22-47(52)24-18-31-59(61)64)42-51(41-49)65-58-30-17-15-28-55(58)62-53-26-13-11-23-48(53)37-39-60(62)65/h2-23,25-35,37-42,63H,24,36,43H2,1H3/b3-2-,5-4-,19-7+,56-38-. The topological polar surface area (TPSA) is 21.9 Å². The first kappa shape index (κ1) is 39.7. The van der Waals surface area contributed by atoms with E-state index in [0.717, 1.165) is 35.5 Å². The Hall–Kier alpha value is -8.14. The van der Waals surface area contributed by atoms with E-state index in [1.165, 1.54) is 82.6 Å². The molecule has 0 saturated heterocycles. The highest BCUT2D eigenvalue weighted by atomic mass is 15.0. The van der Waals surface area contributed by atoms with E-state index in [4.69, 9.17) is 0 Å². The predicted octanol–water partition coefficient (Wildman–Crippen LogP) is 15.6. The Morgan fingerprint density at radius 1 is 0.569 bits per heavy atom. The van der Waals surface area contributed by atoms with Gasteiger partial charge in [0.1, 0.15) is 0 Å². The number of aromatic nitrogens is 2. The summed E-state index contributed by atoms with van der Waals surface area (Å²) in [5.41, 5.74) is 16.8. The van der Waals surface area contributed by atoms with E-state index in [2.05, 4.69) is 233 Å². The second-order valence-electron chi connectivity index (χ2n) is 16.8. The van der Waals surface area contributed by atoms with Crippen molar-refractivity contribution in [2.45, 2.75) is 26.3 Å². The molecule has 2 heterocycles. The summed E-state index contributed by atoms with van der Waals surface area (Å²) in [5, 5.41) is 10.2. The zero-order valence-electron chi connectivity index (χ0n) is 36.5. The molecular weight excluding hydrogens is 787 g/mol. The zero-order chi connectivity index (χ0) is 43.5. The lowest BCUT2D eigenvalue weighted by molar-refractivity contribution is 0.885. The van der Waals surface area contributed by atoms with Crippen LogP contribution >= 0.6 is 0 Å². The van der Waals surface area contributed by atoms with Crippen molar-refractivity contribution in [2.24, 2.45) is 0 Å². The number of fused-ring (bicyclic) bond motifs is 10. The summed E-state index contributed by atoms with van der Waals surface area (Å²) in [6.45, 7) is 2.72. The van der Waals surface area contributed by atoms with Crippen LogP contribution in [-0.2, 0) is 19.4 Å². The fraction of sp³-hybridized carbons (Fsp3) is 0.0645. The van der Waals surface area contributed by atoms with Crippen LogP contribution in [0.25, 0.3) is 83.8 Å². The summed E-state index contributed by atoms with van der Waals surface area (Å²) in [6, 6.07) is 66.9. The van der Waals surface area contributed by atoms with E-state index in [9.17, 15) is 0 Å². The van der Waals surface area contributed by atoms with E-state index in [1.807, 2.05) is 25.2 Å². The van der Waals surface area contributed by atoms with Crippen LogP contribution in [0, 0.1) is 0 Å². The van der Waals surface area contributed by atoms with Gasteiger partial charge >= 0.3 is 0 Å². The Bertz CT molecular complexity index is 3530. The third-order valence-corrected chi connectivity index (χ3v) is 12.8. The van der Waals surface area contributed by atoms with Gasteiger partial charge in [0.2, 0.25) is 0 Å². The molecule has 65 heavy (non-hydrogen) atoms. The van der Waals surface area contributed by atoms with Gasteiger partial charge in [0, 0.05) is 50.9 Å². The van der Waals surface area contributed by atoms with Gasteiger partial charge in [-0.1, -0.05) is 194 Å². The number of nitrogens with zero attached hydrogens (tertiary/aromatic N) is 2. The Balaban J connectivity index is 1.14. The Morgan fingerprint density at radius 3 is 2.09 bits per heavy atom. The summed E-state index contributed by atoms with van der Waals surface area (Å²) >= 11 is 0. The molecule has 312 valence electrons. The molecule has 11 rings (SSSR count). The minimum Gasteiger partial charge on any atom is -0.381 e. The van der Waals surface area contributed by atoms with Crippen LogP contribution in [0.3, 0.4) is 0 Å². The number of allylic oxidation sites excluding steroid dienone is 7. The largest absolute Gasteiger partial charge is 0.381 e.